The van der Waals surface area contributed by atoms with Gasteiger partial charge in [0.05, 0.1) is 29.1 Å². The van der Waals surface area contributed by atoms with E-state index in [1.54, 1.807) is 43.5 Å². The van der Waals surface area contributed by atoms with Crippen LogP contribution in [-0.4, -0.2) is 25.1 Å². The number of alkyl halides is 3. The molecule has 0 spiro atoms. The van der Waals surface area contributed by atoms with E-state index in [9.17, 15) is 13.2 Å². The van der Waals surface area contributed by atoms with Crippen LogP contribution in [0.1, 0.15) is 22.8 Å². The average Bonchev–Trinajstić information content (AvgIpc) is 2.72. The van der Waals surface area contributed by atoms with Crippen molar-refractivity contribution in [1.29, 1.82) is 0 Å². The summed E-state index contributed by atoms with van der Waals surface area (Å²) in [7, 11) is 0. The first-order valence-corrected chi connectivity index (χ1v) is 9.15. The van der Waals surface area contributed by atoms with E-state index >= 15 is 0 Å². The maximum atomic E-state index is 13.3. The SMILES string of the molecule is Cc1ccc(-c2ccc3nc(C(F)(F)F)nc(NCc4ccc(C)nn4)c3c2)nc1. The Morgan fingerprint density at radius 3 is 2.43 bits per heavy atom. The third-order valence-electron chi connectivity index (χ3n) is 4.45. The van der Waals surface area contributed by atoms with Crippen molar-refractivity contribution in [1.82, 2.24) is 25.1 Å². The molecule has 1 N–H and O–H groups in total. The first-order chi connectivity index (χ1) is 14.3. The number of halogens is 3. The Hall–Kier alpha value is -3.62. The summed E-state index contributed by atoms with van der Waals surface area (Å²) in [6, 6.07) is 12.3. The van der Waals surface area contributed by atoms with E-state index in [0.29, 0.717) is 16.8 Å². The van der Waals surface area contributed by atoms with Gasteiger partial charge in [0.1, 0.15) is 5.82 Å². The predicted octanol–water partition coefficient (Wildman–Crippen LogP) is 4.73. The average molecular weight is 410 g/mol. The van der Waals surface area contributed by atoms with Crippen LogP contribution in [0.25, 0.3) is 22.2 Å². The summed E-state index contributed by atoms with van der Waals surface area (Å²) in [5, 5.41) is 11.4. The van der Waals surface area contributed by atoms with Crippen LogP contribution >= 0.6 is 0 Å². The van der Waals surface area contributed by atoms with Gasteiger partial charge in [-0.1, -0.05) is 12.1 Å². The second kappa shape index (κ2) is 7.66. The van der Waals surface area contributed by atoms with Crippen molar-refractivity contribution in [3.05, 3.63) is 71.4 Å². The quantitative estimate of drug-likeness (QED) is 0.524. The fraction of sp³-hybridized carbons (Fsp3) is 0.190. The van der Waals surface area contributed by atoms with Gasteiger partial charge in [0.25, 0.3) is 0 Å². The van der Waals surface area contributed by atoms with E-state index in [4.69, 9.17) is 0 Å². The Bertz CT molecular complexity index is 1190. The van der Waals surface area contributed by atoms with Crippen molar-refractivity contribution in [3.63, 3.8) is 0 Å². The van der Waals surface area contributed by atoms with Crippen LogP contribution in [0, 0.1) is 13.8 Å². The molecule has 4 rings (SSSR count). The monoisotopic (exact) mass is 410 g/mol. The molecule has 1 aromatic carbocycles. The van der Waals surface area contributed by atoms with E-state index < -0.39 is 12.0 Å². The number of rotatable bonds is 4. The Kier molecular flexibility index (Phi) is 5.03. The van der Waals surface area contributed by atoms with Crippen molar-refractivity contribution < 1.29 is 13.2 Å². The third kappa shape index (κ3) is 4.19. The smallest absolute Gasteiger partial charge is 0.364 e. The van der Waals surface area contributed by atoms with Crippen molar-refractivity contribution in [2.75, 3.05) is 5.32 Å². The summed E-state index contributed by atoms with van der Waals surface area (Å²) in [5.74, 6) is -1.13. The topological polar surface area (TPSA) is 76.5 Å². The van der Waals surface area contributed by atoms with Crippen LogP contribution in [0.3, 0.4) is 0 Å². The number of aromatic nitrogens is 5. The lowest BCUT2D eigenvalue weighted by Gasteiger charge is -2.13. The molecule has 0 radical (unpaired) electrons. The summed E-state index contributed by atoms with van der Waals surface area (Å²) in [5.41, 5.74) is 3.99. The molecule has 0 aliphatic heterocycles. The van der Waals surface area contributed by atoms with E-state index in [2.05, 4.69) is 30.5 Å². The number of pyridine rings is 1. The highest BCUT2D eigenvalue weighted by atomic mass is 19.4. The molecule has 0 bridgehead atoms. The number of benzene rings is 1. The van der Waals surface area contributed by atoms with Crippen LogP contribution in [-0.2, 0) is 12.7 Å². The third-order valence-corrected chi connectivity index (χ3v) is 4.45. The molecule has 3 heterocycles. The standard InChI is InChI=1S/C21H17F3N6/c1-12-3-7-17(25-10-12)14-5-8-18-16(9-14)19(28-20(27-18)21(22,23)24)26-11-15-6-4-13(2)29-30-15/h3-10H,11H2,1-2H3,(H,26,27,28). The highest BCUT2D eigenvalue weighted by Crippen LogP contribution is 2.32. The first-order valence-electron chi connectivity index (χ1n) is 9.15. The minimum Gasteiger partial charge on any atom is -0.364 e. The van der Waals surface area contributed by atoms with E-state index in [0.717, 1.165) is 16.8 Å². The molecule has 0 amide bonds. The summed E-state index contributed by atoms with van der Waals surface area (Å²) >= 11 is 0. The fourth-order valence-corrected chi connectivity index (χ4v) is 2.88. The summed E-state index contributed by atoms with van der Waals surface area (Å²) in [4.78, 5) is 11.8. The highest BCUT2D eigenvalue weighted by molar-refractivity contribution is 5.92. The molecule has 152 valence electrons. The molecule has 0 saturated carbocycles. The molecule has 0 aliphatic carbocycles. The maximum absolute atomic E-state index is 13.3. The predicted molar refractivity (Wildman–Crippen MR) is 107 cm³/mol. The van der Waals surface area contributed by atoms with Crippen molar-refractivity contribution in [3.8, 4) is 11.3 Å². The molecule has 0 fully saturated rings. The lowest BCUT2D eigenvalue weighted by molar-refractivity contribution is -0.144. The molecule has 9 heteroatoms. The Morgan fingerprint density at radius 2 is 1.77 bits per heavy atom. The van der Waals surface area contributed by atoms with Crippen LogP contribution in [0.4, 0.5) is 19.0 Å². The molecule has 6 nitrogen and oxygen atoms in total. The second-order valence-electron chi connectivity index (χ2n) is 6.87. The normalized spacial score (nSPS) is 11.6. The van der Waals surface area contributed by atoms with Gasteiger partial charge in [0.15, 0.2) is 0 Å². The summed E-state index contributed by atoms with van der Waals surface area (Å²) < 4.78 is 39.9. The largest absolute Gasteiger partial charge is 0.451 e. The molecule has 30 heavy (non-hydrogen) atoms. The van der Waals surface area contributed by atoms with E-state index in [1.165, 1.54) is 0 Å². The van der Waals surface area contributed by atoms with Gasteiger partial charge in [-0.3, -0.25) is 4.98 Å². The number of anilines is 1. The second-order valence-corrected chi connectivity index (χ2v) is 6.87. The van der Waals surface area contributed by atoms with Crippen LogP contribution in [0.15, 0.2) is 48.7 Å². The van der Waals surface area contributed by atoms with Gasteiger partial charge in [-0.2, -0.15) is 23.4 Å². The summed E-state index contributed by atoms with van der Waals surface area (Å²) in [6.07, 6.45) is -2.93. The van der Waals surface area contributed by atoms with Gasteiger partial charge < -0.3 is 5.32 Å². The van der Waals surface area contributed by atoms with Gasteiger partial charge in [0.2, 0.25) is 5.82 Å². The molecular weight excluding hydrogens is 393 g/mol. The molecule has 0 unspecified atom stereocenters. The minimum absolute atomic E-state index is 0.0728. The number of aryl methyl sites for hydroxylation is 2. The lowest BCUT2D eigenvalue weighted by atomic mass is 10.1. The molecule has 4 aromatic rings. The van der Waals surface area contributed by atoms with Crippen LogP contribution in [0.2, 0.25) is 0 Å². The number of fused-ring (bicyclic) bond motifs is 1. The van der Waals surface area contributed by atoms with Crippen molar-refractivity contribution in [2.24, 2.45) is 0 Å². The van der Waals surface area contributed by atoms with E-state index in [1.807, 2.05) is 19.1 Å². The van der Waals surface area contributed by atoms with Gasteiger partial charge >= 0.3 is 6.18 Å². The maximum Gasteiger partial charge on any atom is 0.451 e. The van der Waals surface area contributed by atoms with Gasteiger partial charge in [0, 0.05) is 17.1 Å². The van der Waals surface area contributed by atoms with Gasteiger partial charge in [-0.05, 0) is 49.7 Å². The summed E-state index contributed by atoms with van der Waals surface area (Å²) in [6.45, 7) is 3.90. The molecule has 0 saturated heterocycles. The zero-order valence-corrected chi connectivity index (χ0v) is 16.2. The zero-order valence-electron chi connectivity index (χ0n) is 16.2. The fourth-order valence-electron chi connectivity index (χ4n) is 2.88. The van der Waals surface area contributed by atoms with Gasteiger partial charge in [-0.25, -0.2) is 9.97 Å². The highest BCUT2D eigenvalue weighted by Gasteiger charge is 2.35. The van der Waals surface area contributed by atoms with Crippen molar-refractivity contribution >= 4 is 16.7 Å². The van der Waals surface area contributed by atoms with Crippen LogP contribution in [0.5, 0.6) is 0 Å². The Morgan fingerprint density at radius 1 is 0.933 bits per heavy atom. The Labute approximate surface area is 170 Å². The number of nitrogens with zero attached hydrogens (tertiary/aromatic N) is 5. The number of hydrogen-bond donors (Lipinski definition) is 1. The minimum atomic E-state index is -4.66. The lowest BCUT2D eigenvalue weighted by Crippen LogP contribution is -2.14. The first kappa shape index (κ1) is 19.7. The molecular formula is C21H17F3N6. The number of nitrogens with one attached hydrogen (secondary N) is 1. The van der Waals surface area contributed by atoms with Crippen molar-refractivity contribution in [2.45, 2.75) is 26.6 Å². The molecule has 3 aromatic heterocycles. The molecule has 0 atom stereocenters. The van der Waals surface area contributed by atoms with Gasteiger partial charge in [-0.15, -0.1) is 0 Å². The number of hydrogen-bond acceptors (Lipinski definition) is 6. The Balaban J connectivity index is 1.77. The molecule has 0 aliphatic rings. The zero-order chi connectivity index (χ0) is 21.3. The van der Waals surface area contributed by atoms with E-state index in [-0.39, 0.29) is 17.9 Å². The van der Waals surface area contributed by atoms with Crippen LogP contribution < -0.4 is 5.32 Å².